The van der Waals surface area contributed by atoms with Crippen molar-refractivity contribution < 1.29 is 15.7 Å². The maximum Gasteiger partial charge on any atom is 0.137 e. The summed E-state index contributed by atoms with van der Waals surface area (Å²) in [7, 11) is 0. The summed E-state index contributed by atoms with van der Waals surface area (Å²) in [6, 6.07) is 49.3. The highest BCUT2D eigenvalue weighted by Gasteiger charge is 2.24. The lowest BCUT2D eigenvalue weighted by Crippen LogP contribution is -2.16. The number of anilines is 4. The minimum atomic E-state index is -2.61. The first-order valence-electron chi connectivity index (χ1n) is 28.2. The Morgan fingerprint density at radius 1 is 0.493 bits per heavy atom. The molecule has 2 aromatic heterocycles. The van der Waals surface area contributed by atoms with Gasteiger partial charge in [0.05, 0.1) is 34.9 Å². The van der Waals surface area contributed by atoms with Gasteiger partial charge < -0.3 is 15.4 Å². The molecular formula is C66H64N4O. The van der Waals surface area contributed by atoms with E-state index in [-0.39, 0.29) is 45.1 Å². The van der Waals surface area contributed by atoms with Gasteiger partial charge in [-0.15, -0.1) is 0 Å². The van der Waals surface area contributed by atoms with Gasteiger partial charge in [0.25, 0.3) is 0 Å². The van der Waals surface area contributed by atoms with Gasteiger partial charge in [0.2, 0.25) is 0 Å². The lowest BCUT2D eigenvalue weighted by Gasteiger charge is -2.27. The number of para-hydroxylation sites is 2. The minimum absolute atomic E-state index is 0.00708. The topological polar surface area (TPSA) is 51.1 Å². The number of hydrogen-bond acceptors (Lipinski definition) is 4. The van der Waals surface area contributed by atoms with Crippen molar-refractivity contribution in [2.75, 3.05) is 10.6 Å². The molecule has 0 bridgehead atoms. The Morgan fingerprint density at radius 3 is 1.90 bits per heavy atom. The summed E-state index contributed by atoms with van der Waals surface area (Å²) in [5.41, 5.74) is 10.2. The fraction of sp³-hybridized carbons (Fsp3) is 0.197. The Balaban J connectivity index is 1.09. The second kappa shape index (κ2) is 18.5. The van der Waals surface area contributed by atoms with E-state index in [0.29, 0.717) is 39.7 Å². The average Bonchev–Trinajstić information content (AvgIpc) is 4.01. The molecule has 2 N–H and O–H groups in total. The zero-order chi connectivity index (χ0) is 56.5. The average molecular weight is 937 g/mol. The third kappa shape index (κ3) is 9.70. The van der Waals surface area contributed by atoms with E-state index < -0.39 is 25.0 Å². The summed E-state index contributed by atoms with van der Waals surface area (Å²) in [4.78, 5) is 4.91. The fourth-order valence-electron chi connectivity index (χ4n) is 9.14. The van der Waals surface area contributed by atoms with Crippen LogP contribution in [0.2, 0.25) is 0 Å². The number of pyridine rings is 1. The number of hydrogen-bond donors (Lipinski definition) is 2. The smallest absolute Gasteiger partial charge is 0.137 e. The van der Waals surface area contributed by atoms with E-state index in [2.05, 4.69) is 144 Å². The summed E-state index contributed by atoms with van der Waals surface area (Å²) in [6.07, 6.45) is 1.87. The molecule has 0 aliphatic heterocycles. The molecule has 5 nitrogen and oxygen atoms in total. The number of ether oxygens (including phenoxy) is 1. The Bertz CT molecular complexity index is 3930. The second-order valence-electron chi connectivity index (χ2n) is 21.4. The summed E-state index contributed by atoms with van der Waals surface area (Å²) in [6.45, 7) is 16.9. The minimum Gasteiger partial charge on any atom is -0.457 e. The summed E-state index contributed by atoms with van der Waals surface area (Å²) in [5, 5.41) is 9.18. The van der Waals surface area contributed by atoms with Gasteiger partial charge in [0.15, 0.2) is 0 Å². The SMILES string of the molecule is [2H]c1c([2H])c([2H])c(-c2cccc(-c3cc(C(C)(C)C)cc(C(C)(C)C)c3)c2Nc2c(Nc3cccc(Oc4ccc5c6cc(-c7ccccc7)ccc6n(-c6cc(C(C)(C)C)ccn6)c5c4)c3)cccc2C([2H])([2H])[2H])c([2H])c1[2H]. The van der Waals surface area contributed by atoms with E-state index >= 15 is 0 Å². The molecule has 71 heavy (non-hydrogen) atoms. The van der Waals surface area contributed by atoms with Crippen LogP contribution in [0.5, 0.6) is 11.5 Å². The van der Waals surface area contributed by atoms with Gasteiger partial charge in [0.1, 0.15) is 17.3 Å². The summed E-state index contributed by atoms with van der Waals surface area (Å²) in [5.74, 6) is 1.91. The van der Waals surface area contributed by atoms with E-state index in [0.717, 1.165) is 61.0 Å². The number of benzene rings is 8. The Hall–Kier alpha value is -7.89. The number of fused-ring (bicyclic) bond motifs is 3. The second-order valence-corrected chi connectivity index (χ2v) is 21.4. The third-order valence-corrected chi connectivity index (χ3v) is 13.2. The van der Waals surface area contributed by atoms with Crippen molar-refractivity contribution in [3.63, 3.8) is 0 Å². The molecule has 0 unspecified atom stereocenters. The number of rotatable bonds is 10. The summed E-state index contributed by atoms with van der Waals surface area (Å²) >= 11 is 0. The van der Waals surface area contributed by atoms with Gasteiger partial charge >= 0.3 is 0 Å². The standard InChI is InChI=1S/C66H64N4O/c1-43-20-17-29-58(62(43)69-63-54(45-23-15-12-16-24-45)27-19-28-55(63)47-36-49(65(5,6)7)39-50(37-47)66(8,9)10)68-51-25-18-26-52(41-51)71-53-31-32-56-57-38-46(44-21-13-11-14-22-44)30-33-59(57)70(60(56)42-53)61-40-48(34-35-67-61)64(2,3)4/h11-42,68-69H,1-10H3/i1D3,12D,15D,16D,23D,24D. The number of aromatic nitrogens is 2. The van der Waals surface area contributed by atoms with E-state index in [1.54, 1.807) is 30.3 Å². The molecule has 0 aliphatic rings. The van der Waals surface area contributed by atoms with Crippen molar-refractivity contribution >= 4 is 44.6 Å². The van der Waals surface area contributed by atoms with Crippen LogP contribution in [0.3, 0.4) is 0 Å². The lowest BCUT2D eigenvalue weighted by atomic mass is 9.78. The Morgan fingerprint density at radius 2 is 1.18 bits per heavy atom. The maximum absolute atomic E-state index is 9.15. The third-order valence-electron chi connectivity index (χ3n) is 13.2. The van der Waals surface area contributed by atoms with Crippen LogP contribution in [0.25, 0.3) is 61.0 Å². The van der Waals surface area contributed by atoms with Crippen molar-refractivity contribution in [1.29, 1.82) is 0 Å². The van der Waals surface area contributed by atoms with Crippen LogP contribution in [0.4, 0.5) is 22.7 Å². The van der Waals surface area contributed by atoms with Crippen LogP contribution in [-0.4, -0.2) is 9.55 Å². The van der Waals surface area contributed by atoms with E-state index in [9.17, 15) is 0 Å². The van der Waals surface area contributed by atoms with Crippen LogP contribution in [0.15, 0.2) is 194 Å². The first-order chi connectivity index (χ1) is 37.3. The summed E-state index contributed by atoms with van der Waals surface area (Å²) < 4.78 is 79.6. The molecule has 0 amide bonds. The monoisotopic (exact) mass is 937 g/mol. The van der Waals surface area contributed by atoms with Crippen LogP contribution >= 0.6 is 0 Å². The largest absolute Gasteiger partial charge is 0.457 e. The highest BCUT2D eigenvalue weighted by atomic mass is 16.5. The predicted octanol–water partition coefficient (Wildman–Crippen LogP) is 18.7. The molecule has 8 aromatic carbocycles. The lowest BCUT2D eigenvalue weighted by molar-refractivity contribution is 0.483. The van der Waals surface area contributed by atoms with E-state index in [4.69, 9.17) is 20.7 Å². The highest BCUT2D eigenvalue weighted by molar-refractivity contribution is 6.10. The quantitative estimate of drug-likeness (QED) is 0.143. The van der Waals surface area contributed by atoms with Gasteiger partial charge in [-0.25, -0.2) is 4.98 Å². The molecule has 0 saturated heterocycles. The molecule has 0 fully saturated rings. The van der Waals surface area contributed by atoms with Crippen LogP contribution < -0.4 is 15.4 Å². The van der Waals surface area contributed by atoms with Crippen LogP contribution in [0.1, 0.15) is 95.5 Å². The van der Waals surface area contributed by atoms with Crippen molar-refractivity contribution in [1.82, 2.24) is 9.55 Å². The highest BCUT2D eigenvalue weighted by Crippen LogP contribution is 2.45. The van der Waals surface area contributed by atoms with Crippen molar-refractivity contribution in [3.8, 4) is 50.7 Å². The molecule has 0 aliphatic carbocycles. The van der Waals surface area contributed by atoms with Crippen molar-refractivity contribution in [2.45, 2.75) is 85.4 Å². The van der Waals surface area contributed by atoms with Crippen molar-refractivity contribution in [2.24, 2.45) is 0 Å². The molecular weight excluding hydrogens is 865 g/mol. The Kier molecular flexibility index (Phi) is 9.86. The number of aryl methyl sites for hydroxylation is 1. The molecule has 10 rings (SSSR count). The molecule has 10 aromatic rings. The first kappa shape index (κ1) is 37.9. The Labute approximate surface area is 431 Å². The maximum atomic E-state index is 9.15. The zero-order valence-corrected chi connectivity index (χ0v) is 41.9. The van der Waals surface area contributed by atoms with Gasteiger partial charge in [-0.1, -0.05) is 184 Å². The molecule has 0 spiro atoms. The predicted molar refractivity (Wildman–Crippen MR) is 302 cm³/mol. The fourth-order valence-corrected chi connectivity index (χ4v) is 9.14. The molecule has 0 radical (unpaired) electrons. The van der Waals surface area contributed by atoms with Crippen molar-refractivity contribution in [3.05, 3.63) is 216 Å². The molecule has 0 atom stereocenters. The molecule has 354 valence electrons. The number of nitrogens with one attached hydrogen (secondary N) is 2. The zero-order valence-electron chi connectivity index (χ0n) is 49.9. The van der Waals surface area contributed by atoms with Crippen LogP contribution in [0, 0.1) is 6.85 Å². The number of nitrogens with zero attached hydrogens (tertiary/aromatic N) is 2. The first-order valence-corrected chi connectivity index (χ1v) is 24.2. The van der Waals surface area contributed by atoms with Gasteiger partial charge in [-0.2, -0.15) is 0 Å². The van der Waals surface area contributed by atoms with E-state index in [1.165, 1.54) is 0 Å². The van der Waals surface area contributed by atoms with Gasteiger partial charge in [0, 0.05) is 50.0 Å². The molecule has 2 heterocycles. The molecule has 5 heteroatoms. The molecule has 0 saturated carbocycles. The van der Waals surface area contributed by atoms with E-state index in [1.807, 2.05) is 66.9 Å². The van der Waals surface area contributed by atoms with Gasteiger partial charge in [-0.3, -0.25) is 4.57 Å². The van der Waals surface area contributed by atoms with Crippen LogP contribution in [-0.2, 0) is 16.2 Å². The normalized spacial score (nSPS) is 13.9. The van der Waals surface area contributed by atoms with Gasteiger partial charge in [-0.05, 0) is 122 Å².